The first-order valence-corrected chi connectivity index (χ1v) is 8.77. The Balaban J connectivity index is 2.45. The third-order valence-electron chi connectivity index (χ3n) is 3.49. The predicted molar refractivity (Wildman–Crippen MR) is 89.8 cm³/mol. The number of nitrogens with zero attached hydrogens (tertiary/aromatic N) is 1. The zero-order chi connectivity index (χ0) is 18.8. The number of halogens is 4. The van der Waals surface area contributed by atoms with E-state index in [4.69, 9.17) is 0 Å². The van der Waals surface area contributed by atoms with Crippen LogP contribution in [0.2, 0.25) is 0 Å². The fraction of sp³-hybridized carbons (Fsp3) is 0.353. The molecule has 0 aliphatic carbocycles. The van der Waals surface area contributed by atoms with Crippen LogP contribution in [0, 0.1) is 5.82 Å². The van der Waals surface area contributed by atoms with Gasteiger partial charge in [-0.2, -0.15) is 13.2 Å². The standard InChI is InChI=1S/C17H18F4N2OS/c1-16(2,3)25(24)23-14(15-13(18)5-4-10-22-15)11-6-8-12(9-7-11)17(19,20)21/h4-10,14H,1-3H3,(H,23,24)/p+1/t14-,25?/m0/s1. The molecule has 1 aromatic carbocycles. The maximum Gasteiger partial charge on any atom is 0.416 e. The smallest absolute Gasteiger partial charge is 0.256 e. The van der Waals surface area contributed by atoms with Crippen molar-refractivity contribution in [2.45, 2.75) is 37.7 Å². The van der Waals surface area contributed by atoms with Gasteiger partial charge < -0.3 is 0 Å². The molecule has 8 heteroatoms. The molecule has 1 aromatic heterocycles. The first-order chi connectivity index (χ1) is 11.5. The van der Waals surface area contributed by atoms with Crippen molar-refractivity contribution in [2.24, 2.45) is 0 Å². The quantitative estimate of drug-likeness (QED) is 0.491. The van der Waals surface area contributed by atoms with Crippen LogP contribution in [0.3, 0.4) is 0 Å². The molecule has 0 spiro atoms. The minimum Gasteiger partial charge on any atom is -0.256 e. The Bertz CT molecular complexity index is 754. The van der Waals surface area contributed by atoms with E-state index in [1.54, 1.807) is 20.8 Å². The molecule has 2 rings (SSSR count). The monoisotopic (exact) mass is 375 g/mol. The molecule has 25 heavy (non-hydrogen) atoms. The molecule has 0 radical (unpaired) electrons. The molecule has 0 aliphatic rings. The number of hydrogen-bond donors (Lipinski definition) is 1. The van der Waals surface area contributed by atoms with Gasteiger partial charge in [0.15, 0.2) is 0 Å². The highest BCUT2D eigenvalue weighted by molar-refractivity contribution is 7.84. The summed E-state index contributed by atoms with van der Waals surface area (Å²) in [6.07, 6.45) is -3.09. The van der Waals surface area contributed by atoms with Crippen LogP contribution in [0.25, 0.3) is 0 Å². The fourth-order valence-electron chi connectivity index (χ4n) is 2.08. The van der Waals surface area contributed by atoms with Crippen molar-refractivity contribution in [1.29, 1.82) is 0 Å². The van der Waals surface area contributed by atoms with Crippen molar-refractivity contribution < 1.29 is 21.8 Å². The maximum atomic E-state index is 14.2. The highest BCUT2D eigenvalue weighted by Gasteiger charge is 2.33. The molecule has 0 aliphatic heterocycles. The summed E-state index contributed by atoms with van der Waals surface area (Å²) in [7, 11) is -1.98. The molecule has 136 valence electrons. The third-order valence-corrected chi connectivity index (χ3v) is 5.20. The van der Waals surface area contributed by atoms with E-state index >= 15 is 0 Å². The molecule has 0 amide bonds. The number of hydrogen-bond acceptors (Lipinski definition) is 2. The summed E-state index contributed by atoms with van der Waals surface area (Å²) >= 11 is 0. The van der Waals surface area contributed by atoms with Crippen LogP contribution in [0.1, 0.15) is 43.6 Å². The first kappa shape index (κ1) is 19.5. The van der Waals surface area contributed by atoms with Crippen LogP contribution in [-0.4, -0.2) is 9.73 Å². The molecule has 1 N–H and O–H groups in total. The van der Waals surface area contributed by atoms with Gasteiger partial charge in [0.05, 0.1) is 5.56 Å². The average molecular weight is 375 g/mol. The van der Waals surface area contributed by atoms with Gasteiger partial charge in [0.25, 0.3) is 0 Å². The van der Waals surface area contributed by atoms with Crippen molar-refractivity contribution in [1.82, 2.24) is 9.71 Å². The molecular formula is C17H19F4N2OS+. The van der Waals surface area contributed by atoms with Crippen LogP contribution < -0.4 is 4.72 Å². The lowest BCUT2D eigenvalue weighted by atomic mass is 10.0. The Hall–Kier alpha value is -1.80. The van der Waals surface area contributed by atoms with Crippen molar-refractivity contribution in [3.05, 3.63) is 65.2 Å². The van der Waals surface area contributed by atoms with E-state index in [1.807, 2.05) is 0 Å². The number of alkyl halides is 3. The lowest BCUT2D eigenvalue weighted by molar-refractivity contribution is -0.137. The summed E-state index contributed by atoms with van der Waals surface area (Å²) in [5.41, 5.74) is -0.482. The molecule has 1 heterocycles. The van der Waals surface area contributed by atoms with Crippen molar-refractivity contribution >= 4 is 11.0 Å². The largest absolute Gasteiger partial charge is 0.416 e. The topological polar surface area (TPSA) is 42.0 Å². The van der Waals surface area contributed by atoms with Gasteiger partial charge in [0, 0.05) is 6.20 Å². The van der Waals surface area contributed by atoms with Crippen LogP contribution in [0.15, 0.2) is 42.6 Å². The van der Waals surface area contributed by atoms with E-state index in [1.165, 1.54) is 30.5 Å². The van der Waals surface area contributed by atoms with Gasteiger partial charge in [-0.25, -0.2) is 4.39 Å². The number of nitrogens with one attached hydrogen (secondary N) is 1. The summed E-state index contributed by atoms with van der Waals surface area (Å²) in [4.78, 5) is 3.97. The highest BCUT2D eigenvalue weighted by Crippen LogP contribution is 2.31. The van der Waals surface area contributed by atoms with E-state index in [0.717, 1.165) is 12.1 Å². The van der Waals surface area contributed by atoms with Crippen molar-refractivity contribution in [2.75, 3.05) is 0 Å². The van der Waals surface area contributed by atoms with Crippen LogP contribution >= 0.6 is 0 Å². The normalized spacial score (nSPS) is 15.0. The second-order valence-electron chi connectivity index (χ2n) is 6.52. The molecule has 0 saturated heterocycles. The van der Waals surface area contributed by atoms with Gasteiger partial charge in [-0.1, -0.05) is 16.3 Å². The average Bonchev–Trinajstić information content (AvgIpc) is 2.51. The van der Waals surface area contributed by atoms with Gasteiger partial charge in [-0.3, -0.25) is 4.98 Å². The Morgan fingerprint density at radius 3 is 2.16 bits per heavy atom. The summed E-state index contributed by atoms with van der Waals surface area (Å²) in [5.74, 6) is -0.628. The summed E-state index contributed by atoms with van der Waals surface area (Å²) < 4.78 is 67.1. The van der Waals surface area contributed by atoms with Crippen LogP contribution in [0.5, 0.6) is 0 Å². The second kappa shape index (κ2) is 7.21. The summed E-state index contributed by atoms with van der Waals surface area (Å²) in [5, 5.41) is 0. The zero-order valence-corrected chi connectivity index (χ0v) is 14.8. The molecule has 1 unspecified atom stereocenters. The summed E-state index contributed by atoms with van der Waals surface area (Å²) in [6.45, 7) is 5.24. The molecule has 2 aromatic rings. The Kier molecular flexibility index (Phi) is 5.63. The van der Waals surface area contributed by atoms with Gasteiger partial charge in [-0.05, 0) is 50.6 Å². The first-order valence-electron chi connectivity index (χ1n) is 7.51. The minimum atomic E-state index is -4.46. The van der Waals surface area contributed by atoms with Crippen molar-refractivity contribution in [3.63, 3.8) is 0 Å². The van der Waals surface area contributed by atoms with Crippen molar-refractivity contribution in [3.8, 4) is 0 Å². The van der Waals surface area contributed by atoms with Gasteiger partial charge in [0.2, 0.25) is 0 Å². The number of thiol groups is 1. The number of rotatable bonds is 4. The van der Waals surface area contributed by atoms with Gasteiger partial charge >= 0.3 is 6.18 Å². The Labute approximate surface area is 146 Å². The SMILES string of the molecule is CC(C)(C)[SH+](=O)N[C@@H](c1ccc(C(F)(F)F)cc1)c1ncccc1F. The number of pyridine rings is 1. The van der Waals surface area contributed by atoms with Gasteiger partial charge in [-0.15, -0.1) is 4.72 Å². The number of benzene rings is 1. The van der Waals surface area contributed by atoms with Crippen LogP contribution in [0.4, 0.5) is 17.6 Å². The predicted octanol–water partition coefficient (Wildman–Crippen LogP) is 4.33. The zero-order valence-electron chi connectivity index (χ0n) is 13.9. The van der Waals surface area contributed by atoms with E-state index < -0.39 is 39.3 Å². The Morgan fingerprint density at radius 2 is 1.68 bits per heavy atom. The van der Waals surface area contributed by atoms with E-state index in [-0.39, 0.29) is 5.69 Å². The second-order valence-corrected chi connectivity index (χ2v) is 8.71. The maximum absolute atomic E-state index is 14.2. The molecule has 0 saturated carbocycles. The highest BCUT2D eigenvalue weighted by atomic mass is 32.2. The lowest BCUT2D eigenvalue weighted by Crippen LogP contribution is -2.36. The summed E-state index contributed by atoms with van der Waals surface area (Å²) in [6, 6.07) is 5.98. The molecular weight excluding hydrogens is 356 g/mol. The van der Waals surface area contributed by atoms with Gasteiger partial charge in [0.1, 0.15) is 33.3 Å². The molecule has 0 fully saturated rings. The van der Waals surface area contributed by atoms with E-state index in [2.05, 4.69) is 9.71 Å². The molecule has 2 atom stereocenters. The van der Waals surface area contributed by atoms with E-state index in [9.17, 15) is 21.8 Å². The van der Waals surface area contributed by atoms with E-state index in [0.29, 0.717) is 5.56 Å². The fourth-order valence-corrected chi connectivity index (χ4v) is 2.97. The lowest BCUT2D eigenvalue weighted by Gasteiger charge is -2.20. The molecule has 3 nitrogen and oxygen atoms in total. The Morgan fingerprint density at radius 1 is 1.08 bits per heavy atom. The molecule has 0 bridgehead atoms. The number of aromatic nitrogens is 1. The third kappa shape index (κ3) is 4.85. The minimum absolute atomic E-state index is 0.0186. The van der Waals surface area contributed by atoms with Crippen LogP contribution in [-0.2, 0) is 21.4 Å².